The summed E-state index contributed by atoms with van der Waals surface area (Å²) in [4.78, 5) is 29.1. The molecule has 5 heterocycles. The van der Waals surface area contributed by atoms with Crippen LogP contribution in [-0.2, 0) is 9.53 Å². The minimum absolute atomic E-state index is 0.228. The van der Waals surface area contributed by atoms with Gasteiger partial charge in [-0.05, 0) is 30.7 Å². The van der Waals surface area contributed by atoms with Crippen molar-refractivity contribution in [1.29, 1.82) is 0 Å². The highest BCUT2D eigenvalue weighted by atomic mass is 32.1. The Balaban J connectivity index is 1.27. The fraction of sp³-hybridized carbons (Fsp3) is 0.650. The van der Waals surface area contributed by atoms with Crippen LogP contribution in [0.2, 0.25) is 0 Å². The predicted octanol–water partition coefficient (Wildman–Crippen LogP) is 1.76. The van der Waals surface area contributed by atoms with Crippen LogP contribution in [0.3, 0.4) is 0 Å². The molecule has 0 aliphatic carbocycles. The van der Waals surface area contributed by atoms with Gasteiger partial charge in [0.15, 0.2) is 0 Å². The number of aromatic nitrogens is 2. The van der Waals surface area contributed by atoms with Crippen molar-refractivity contribution in [3.8, 4) is 0 Å². The number of carbonyl (C=O) groups excluding carboxylic acids is 1. The van der Waals surface area contributed by atoms with Crippen molar-refractivity contribution in [1.82, 2.24) is 19.8 Å². The molecule has 2 aromatic heterocycles. The molecule has 2 aromatic rings. The number of thiophene rings is 1. The van der Waals surface area contributed by atoms with Crippen LogP contribution in [0.25, 0.3) is 10.2 Å². The lowest BCUT2D eigenvalue weighted by molar-refractivity contribution is -0.135. The number of carbonyl (C=O) groups is 1. The Hall–Kier alpha value is -1.77. The quantitative estimate of drug-likeness (QED) is 0.778. The van der Waals surface area contributed by atoms with Crippen molar-refractivity contribution in [2.75, 3.05) is 63.9 Å². The molecule has 0 saturated carbocycles. The molecule has 1 unspecified atom stereocenters. The van der Waals surface area contributed by atoms with Gasteiger partial charge in [-0.25, -0.2) is 9.97 Å². The smallest absolute Gasteiger partial charge is 0.230 e. The van der Waals surface area contributed by atoms with Crippen LogP contribution >= 0.6 is 11.3 Å². The van der Waals surface area contributed by atoms with Crippen molar-refractivity contribution >= 4 is 33.3 Å². The van der Waals surface area contributed by atoms with E-state index in [1.165, 1.54) is 5.56 Å². The van der Waals surface area contributed by atoms with Crippen molar-refractivity contribution in [2.24, 2.45) is 5.41 Å². The number of nitrogens with zero attached hydrogens (tertiary/aromatic N) is 5. The molecule has 150 valence electrons. The average molecular weight is 402 g/mol. The number of hydrogen-bond donors (Lipinski definition) is 0. The standard InChI is InChI=1S/C20H27N5O2S/c1-15-12-28-17-16(15)21-14-22-18(17)25-5-3-20(13-25)2-4-24(19(20)26)7-6-23-8-10-27-11-9-23/h12,14H,2-11,13H2,1H3. The van der Waals surface area contributed by atoms with Gasteiger partial charge in [-0.2, -0.15) is 0 Å². The van der Waals surface area contributed by atoms with Gasteiger partial charge in [0.1, 0.15) is 12.1 Å². The van der Waals surface area contributed by atoms with Crippen LogP contribution in [-0.4, -0.2) is 84.7 Å². The molecule has 8 heteroatoms. The minimum Gasteiger partial charge on any atom is -0.379 e. The number of anilines is 1. The maximum absolute atomic E-state index is 13.3. The molecular formula is C20H27N5O2S. The normalized spacial score (nSPS) is 26.2. The molecule has 1 spiro atoms. The summed E-state index contributed by atoms with van der Waals surface area (Å²) in [5, 5.41) is 2.14. The Morgan fingerprint density at radius 1 is 1.14 bits per heavy atom. The minimum atomic E-state index is -0.228. The molecule has 0 aromatic carbocycles. The van der Waals surface area contributed by atoms with Gasteiger partial charge >= 0.3 is 0 Å². The molecule has 3 aliphatic rings. The molecule has 0 N–H and O–H groups in total. The zero-order valence-corrected chi connectivity index (χ0v) is 17.2. The van der Waals surface area contributed by atoms with Gasteiger partial charge in [0.25, 0.3) is 0 Å². The third kappa shape index (κ3) is 3.07. The van der Waals surface area contributed by atoms with E-state index in [9.17, 15) is 4.79 Å². The second-order valence-electron chi connectivity index (χ2n) is 8.24. The summed E-state index contributed by atoms with van der Waals surface area (Å²) >= 11 is 1.71. The van der Waals surface area contributed by atoms with E-state index in [0.29, 0.717) is 5.91 Å². The molecule has 3 aliphatic heterocycles. The number of ether oxygens (including phenoxy) is 1. The van der Waals surface area contributed by atoms with E-state index in [0.717, 1.165) is 87.9 Å². The summed E-state index contributed by atoms with van der Waals surface area (Å²) in [5.74, 6) is 1.34. The molecule has 28 heavy (non-hydrogen) atoms. The lowest BCUT2D eigenvalue weighted by Crippen LogP contribution is -2.43. The second kappa shape index (κ2) is 7.24. The number of morpholine rings is 1. The molecule has 0 bridgehead atoms. The first-order valence-corrected chi connectivity index (χ1v) is 11.1. The van der Waals surface area contributed by atoms with Gasteiger partial charge in [-0.15, -0.1) is 11.3 Å². The van der Waals surface area contributed by atoms with E-state index < -0.39 is 0 Å². The number of hydrogen-bond acceptors (Lipinski definition) is 7. The number of aryl methyl sites for hydroxylation is 1. The van der Waals surface area contributed by atoms with Crippen LogP contribution in [0, 0.1) is 12.3 Å². The van der Waals surface area contributed by atoms with Crippen molar-refractivity contribution in [3.63, 3.8) is 0 Å². The van der Waals surface area contributed by atoms with Gasteiger partial charge in [-0.3, -0.25) is 9.69 Å². The van der Waals surface area contributed by atoms with E-state index in [4.69, 9.17) is 4.74 Å². The van der Waals surface area contributed by atoms with Gasteiger partial charge < -0.3 is 14.5 Å². The lowest BCUT2D eigenvalue weighted by atomic mass is 9.85. The van der Waals surface area contributed by atoms with Crippen LogP contribution in [0.5, 0.6) is 0 Å². The SMILES string of the molecule is Cc1csc2c(N3CCC4(CCN(CCN5CCOCC5)C4=O)C3)ncnc12. The van der Waals surface area contributed by atoms with Gasteiger partial charge in [0, 0.05) is 45.8 Å². The zero-order valence-electron chi connectivity index (χ0n) is 16.4. The Kier molecular flexibility index (Phi) is 4.72. The molecule has 3 fully saturated rings. The number of amides is 1. The summed E-state index contributed by atoms with van der Waals surface area (Å²) < 4.78 is 6.56. The molecule has 1 amide bonds. The Morgan fingerprint density at radius 3 is 2.82 bits per heavy atom. The number of likely N-dealkylation sites (tertiary alicyclic amines) is 1. The van der Waals surface area contributed by atoms with Crippen molar-refractivity contribution in [2.45, 2.75) is 19.8 Å². The summed E-state index contributed by atoms with van der Waals surface area (Å²) in [6, 6.07) is 0. The summed E-state index contributed by atoms with van der Waals surface area (Å²) in [6.45, 7) is 10.0. The summed E-state index contributed by atoms with van der Waals surface area (Å²) in [6.07, 6.45) is 3.55. The highest BCUT2D eigenvalue weighted by molar-refractivity contribution is 7.18. The first-order valence-electron chi connectivity index (χ1n) is 10.2. The van der Waals surface area contributed by atoms with E-state index in [-0.39, 0.29) is 5.41 Å². The van der Waals surface area contributed by atoms with Crippen LogP contribution in [0.15, 0.2) is 11.7 Å². The third-order valence-electron chi connectivity index (χ3n) is 6.56. The molecule has 1 atom stereocenters. The van der Waals surface area contributed by atoms with Crippen LogP contribution in [0.1, 0.15) is 18.4 Å². The lowest BCUT2D eigenvalue weighted by Gasteiger charge is -2.29. The third-order valence-corrected chi connectivity index (χ3v) is 7.64. The molecular weight excluding hydrogens is 374 g/mol. The Bertz CT molecular complexity index is 881. The Labute approximate surface area is 169 Å². The van der Waals surface area contributed by atoms with Gasteiger partial charge in [0.2, 0.25) is 5.91 Å². The van der Waals surface area contributed by atoms with Crippen LogP contribution in [0.4, 0.5) is 5.82 Å². The molecule has 0 radical (unpaired) electrons. The first kappa shape index (κ1) is 18.3. The molecule has 7 nitrogen and oxygen atoms in total. The number of rotatable bonds is 4. The summed E-state index contributed by atoms with van der Waals surface area (Å²) in [7, 11) is 0. The van der Waals surface area contributed by atoms with Crippen molar-refractivity contribution in [3.05, 3.63) is 17.3 Å². The maximum atomic E-state index is 13.3. The maximum Gasteiger partial charge on any atom is 0.230 e. The average Bonchev–Trinajstić information content (AvgIpc) is 3.41. The fourth-order valence-corrected chi connectivity index (χ4v) is 5.83. The molecule has 3 saturated heterocycles. The number of fused-ring (bicyclic) bond motifs is 1. The van der Waals surface area contributed by atoms with E-state index in [1.54, 1.807) is 17.7 Å². The highest BCUT2D eigenvalue weighted by Crippen LogP contribution is 2.43. The van der Waals surface area contributed by atoms with E-state index in [2.05, 4.69) is 37.0 Å². The Morgan fingerprint density at radius 2 is 1.96 bits per heavy atom. The second-order valence-corrected chi connectivity index (χ2v) is 9.12. The van der Waals surface area contributed by atoms with Crippen LogP contribution < -0.4 is 4.90 Å². The fourth-order valence-electron chi connectivity index (χ4n) is 4.81. The van der Waals surface area contributed by atoms with Gasteiger partial charge in [0.05, 0.1) is 28.8 Å². The molecule has 5 rings (SSSR count). The van der Waals surface area contributed by atoms with E-state index in [1.807, 2.05) is 0 Å². The monoisotopic (exact) mass is 401 g/mol. The largest absolute Gasteiger partial charge is 0.379 e. The summed E-state index contributed by atoms with van der Waals surface area (Å²) in [5.41, 5.74) is 2.01. The first-order chi connectivity index (χ1) is 13.7. The van der Waals surface area contributed by atoms with Crippen molar-refractivity contribution < 1.29 is 9.53 Å². The highest BCUT2D eigenvalue weighted by Gasteiger charge is 2.51. The van der Waals surface area contributed by atoms with Gasteiger partial charge in [-0.1, -0.05) is 0 Å². The van der Waals surface area contributed by atoms with E-state index >= 15 is 0 Å². The topological polar surface area (TPSA) is 61.8 Å². The zero-order chi connectivity index (χ0) is 19.1. The predicted molar refractivity (Wildman–Crippen MR) is 110 cm³/mol.